The van der Waals surface area contributed by atoms with E-state index in [1.807, 2.05) is 61.5 Å². The molecule has 1 aromatic heterocycles. The van der Waals surface area contributed by atoms with E-state index in [9.17, 15) is 10.1 Å². The molecule has 0 aliphatic rings. The van der Waals surface area contributed by atoms with Gasteiger partial charge in [0.15, 0.2) is 0 Å². The molecule has 4 rings (SSSR count). The zero-order valence-corrected chi connectivity index (χ0v) is 18.2. The highest BCUT2D eigenvalue weighted by Crippen LogP contribution is 2.30. The first-order valence-electron chi connectivity index (χ1n) is 10.4. The molecule has 0 bridgehead atoms. The lowest BCUT2D eigenvalue weighted by Crippen LogP contribution is -2.23. The highest BCUT2D eigenvalue weighted by molar-refractivity contribution is 5.71. The van der Waals surface area contributed by atoms with Gasteiger partial charge in [-0.2, -0.15) is 14.6 Å². The van der Waals surface area contributed by atoms with Gasteiger partial charge < -0.3 is 4.74 Å². The normalized spacial score (nSPS) is 10.7. The second kappa shape index (κ2) is 8.90. The molecule has 0 radical (unpaired) electrons. The van der Waals surface area contributed by atoms with Gasteiger partial charge in [0.05, 0.1) is 17.3 Å². The van der Waals surface area contributed by atoms with Crippen LogP contribution in [0.3, 0.4) is 0 Å². The second-order valence-electron chi connectivity index (χ2n) is 7.49. The van der Waals surface area contributed by atoms with Gasteiger partial charge in [-0.25, -0.2) is 4.79 Å². The number of nitriles is 1. The maximum absolute atomic E-state index is 12.4. The van der Waals surface area contributed by atoms with Crippen molar-refractivity contribution in [2.75, 3.05) is 0 Å². The van der Waals surface area contributed by atoms with Gasteiger partial charge in [0.1, 0.15) is 12.4 Å². The third kappa shape index (κ3) is 3.91. The maximum Gasteiger partial charge on any atom is 0.368 e. The first kappa shape index (κ1) is 21.1. The number of hydrogen-bond acceptors (Lipinski definition) is 5. The Labute approximate surface area is 186 Å². The van der Waals surface area contributed by atoms with E-state index in [0.29, 0.717) is 11.3 Å². The van der Waals surface area contributed by atoms with E-state index >= 15 is 0 Å². The summed E-state index contributed by atoms with van der Waals surface area (Å²) in [6.45, 7) is 4.33. The second-order valence-corrected chi connectivity index (χ2v) is 7.49. The number of tetrazole rings is 1. The van der Waals surface area contributed by atoms with E-state index < -0.39 is 0 Å². The molecule has 1 heterocycles. The Hall–Kier alpha value is -4.18. The molecular formula is C25H23N5O2. The van der Waals surface area contributed by atoms with Crippen LogP contribution in [0.25, 0.3) is 16.8 Å². The van der Waals surface area contributed by atoms with Gasteiger partial charge in [0, 0.05) is 12.6 Å². The number of benzene rings is 3. The van der Waals surface area contributed by atoms with Crippen LogP contribution in [0, 0.1) is 18.3 Å². The molecule has 0 atom stereocenters. The van der Waals surface area contributed by atoms with Gasteiger partial charge in [-0.05, 0) is 70.3 Å². The van der Waals surface area contributed by atoms with E-state index in [0.717, 1.165) is 40.0 Å². The molecule has 0 aliphatic carbocycles. The van der Waals surface area contributed by atoms with E-state index in [2.05, 4.69) is 29.5 Å². The van der Waals surface area contributed by atoms with Crippen LogP contribution in [0.15, 0.2) is 65.5 Å². The third-order valence-corrected chi connectivity index (χ3v) is 5.51. The minimum absolute atomic E-state index is 0.284. The smallest absolute Gasteiger partial charge is 0.368 e. The summed E-state index contributed by atoms with van der Waals surface area (Å²) in [6, 6.07) is 21.5. The molecule has 32 heavy (non-hydrogen) atoms. The fourth-order valence-electron chi connectivity index (χ4n) is 3.68. The molecule has 0 N–H and O–H groups in total. The summed E-state index contributed by atoms with van der Waals surface area (Å²) in [5.41, 5.74) is 5.78. The summed E-state index contributed by atoms with van der Waals surface area (Å²) in [5, 5.41) is 17.2. The van der Waals surface area contributed by atoms with Crippen LogP contribution in [0.5, 0.6) is 5.75 Å². The fourth-order valence-corrected chi connectivity index (χ4v) is 3.68. The van der Waals surface area contributed by atoms with Crippen molar-refractivity contribution in [2.45, 2.75) is 26.9 Å². The lowest BCUT2D eigenvalue weighted by Gasteiger charge is -2.16. The summed E-state index contributed by atoms with van der Waals surface area (Å²) < 4.78 is 8.70. The third-order valence-electron chi connectivity index (χ3n) is 5.51. The first-order chi connectivity index (χ1) is 15.5. The molecule has 3 aromatic carbocycles. The molecule has 0 aliphatic heterocycles. The van der Waals surface area contributed by atoms with Crippen molar-refractivity contribution >= 4 is 0 Å². The minimum atomic E-state index is -0.313. The number of hydrogen-bond donors (Lipinski definition) is 0. The van der Waals surface area contributed by atoms with Crippen LogP contribution in [0.4, 0.5) is 0 Å². The summed E-state index contributed by atoms with van der Waals surface area (Å²) in [6.07, 6.45) is 0.780. The molecule has 0 amide bonds. The lowest BCUT2D eigenvalue weighted by atomic mass is 9.97. The Kier molecular flexibility index (Phi) is 5.86. The summed E-state index contributed by atoms with van der Waals surface area (Å²) in [5.74, 6) is 0.770. The highest BCUT2D eigenvalue weighted by atomic mass is 16.5. The van der Waals surface area contributed by atoms with E-state index in [1.165, 1.54) is 9.36 Å². The van der Waals surface area contributed by atoms with Gasteiger partial charge in [0.25, 0.3) is 0 Å². The SMILES string of the molecule is CCc1cc(-c2ccccc2C#N)ccc1OCc1c(C)cccc1-n1nnn(C)c1=O. The molecule has 0 saturated carbocycles. The number of aryl methyl sites for hydroxylation is 3. The van der Waals surface area contributed by atoms with Gasteiger partial charge in [-0.3, -0.25) is 0 Å². The molecule has 0 saturated heterocycles. The Morgan fingerprint density at radius 2 is 1.88 bits per heavy atom. The Bertz CT molecular complexity index is 1380. The van der Waals surface area contributed by atoms with Crippen molar-refractivity contribution < 1.29 is 4.74 Å². The molecule has 7 heteroatoms. The number of aromatic nitrogens is 4. The van der Waals surface area contributed by atoms with E-state index in [1.54, 1.807) is 7.05 Å². The van der Waals surface area contributed by atoms with Crippen LogP contribution < -0.4 is 10.4 Å². The van der Waals surface area contributed by atoms with Crippen molar-refractivity contribution in [3.63, 3.8) is 0 Å². The average Bonchev–Trinajstić information content (AvgIpc) is 3.16. The maximum atomic E-state index is 12.4. The predicted octanol–water partition coefficient (Wildman–Crippen LogP) is 3.95. The van der Waals surface area contributed by atoms with E-state index in [4.69, 9.17) is 4.74 Å². The van der Waals surface area contributed by atoms with Crippen molar-refractivity contribution in [3.8, 4) is 28.6 Å². The lowest BCUT2D eigenvalue weighted by molar-refractivity contribution is 0.302. The summed E-state index contributed by atoms with van der Waals surface area (Å²) in [4.78, 5) is 12.4. The number of nitrogens with zero attached hydrogens (tertiary/aromatic N) is 5. The molecule has 7 nitrogen and oxygen atoms in total. The van der Waals surface area contributed by atoms with Crippen molar-refractivity contribution in [1.82, 2.24) is 19.8 Å². The van der Waals surface area contributed by atoms with Crippen LogP contribution >= 0.6 is 0 Å². The first-order valence-corrected chi connectivity index (χ1v) is 10.4. The quantitative estimate of drug-likeness (QED) is 0.467. The number of rotatable bonds is 6. The fraction of sp³-hybridized carbons (Fsp3) is 0.200. The average molecular weight is 425 g/mol. The van der Waals surface area contributed by atoms with Gasteiger partial charge >= 0.3 is 5.69 Å². The topological polar surface area (TPSA) is 85.7 Å². The molecule has 0 fully saturated rings. The summed E-state index contributed by atoms with van der Waals surface area (Å²) >= 11 is 0. The highest BCUT2D eigenvalue weighted by Gasteiger charge is 2.15. The molecule has 4 aromatic rings. The molecule has 0 spiro atoms. The standard InChI is InChI=1S/C25H23N5O2/c1-4-18-14-19(21-10-6-5-9-20(21)15-26)12-13-24(18)32-16-22-17(2)8-7-11-23(22)30-25(31)29(3)27-28-30/h5-14H,4,16H2,1-3H3. The van der Waals surface area contributed by atoms with Crippen molar-refractivity contribution in [2.24, 2.45) is 7.05 Å². The van der Waals surface area contributed by atoms with Crippen molar-refractivity contribution in [1.29, 1.82) is 5.26 Å². The molecular weight excluding hydrogens is 402 g/mol. The Morgan fingerprint density at radius 3 is 2.59 bits per heavy atom. The molecule has 0 unspecified atom stereocenters. The van der Waals surface area contributed by atoms with Gasteiger partial charge in [-0.15, -0.1) is 0 Å². The van der Waals surface area contributed by atoms with Gasteiger partial charge in [0.2, 0.25) is 0 Å². The van der Waals surface area contributed by atoms with Crippen molar-refractivity contribution in [3.05, 3.63) is 93.4 Å². The van der Waals surface area contributed by atoms with Crippen LogP contribution in [0.1, 0.15) is 29.2 Å². The van der Waals surface area contributed by atoms with Gasteiger partial charge in [-0.1, -0.05) is 43.3 Å². The Morgan fingerprint density at radius 1 is 1.06 bits per heavy atom. The zero-order chi connectivity index (χ0) is 22.7. The summed E-state index contributed by atoms with van der Waals surface area (Å²) in [7, 11) is 1.57. The Balaban J connectivity index is 1.66. The van der Waals surface area contributed by atoms with Crippen LogP contribution in [-0.4, -0.2) is 19.8 Å². The number of ether oxygens (including phenoxy) is 1. The van der Waals surface area contributed by atoms with Crippen LogP contribution in [-0.2, 0) is 20.1 Å². The molecule has 160 valence electrons. The monoisotopic (exact) mass is 425 g/mol. The van der Waals surface area contributed by atoms with E-state index in [-0.39, 0.29) is 12.3 Å². The minimum Gasteiger partial charge on any atom is -0.489 e. The van der Waals surface area contributed by atoms with Crippen LogP contribution in [0.2, 0.25) is 0 Å². The largest absolute Gasteiger partial charge is 0.489 e. The predicted molar refractivity (Wildman–Crippen MR) is 122 cm³/mol. The zero-order valence-electron chi connectivity index (χ0n) is 18.2.